The summed E-state index contributed by atoms with van der Waals surface area (Å²) in [6.07, 6.45) is 1.66. The van der Waals surface area contributed by atoms with Crippen molar-refractivity contribution in [3.8, 4) is 11.5 Å². The summed E-state index contributed by atoms with van der Waals surface area (Å²) < 4.78 is 10.6. The van der Waals surface area contributed by atoms with Gasteiger partial charge in [-0.25, -0.2) is 0 Å². The SMILES string of the molecule is CCc1cc(-c2nc([C@@H]3CCOC3)no2)cc(=O)[nH]1. The number of aromatic amines is 1. The number of hydrogen-bond acceptors (Lipinski definition) is 5. The predicted octanol–water partition coefficient (Wildman–Crippen LogP) is 1.49. The van der Waals surface area contributed by atoms with Crippen LogP contribution in [-0.2, 0) is 11.2 Å². The van der Waals surface area contributed by atoms with Crippen LogP contribution in [0.5, 0.6) is 0 Å². The van der Waals surface area contributed by atoms with Gasteiger partial charge in [0.2, 0.25) is 5.56 Å². The molecule has 3 heterocycles. The monoisotopic (exact) mass is 261 g/mol. The normalized spacial score (nSPS) is 18.9. The first-order valence-electron chi connectivity index (χ1n) is 6.41. The molecule has 0 amide bonds. The Kier molecular flexibility index (Phi) is 3.16. The standard InChI is InChI=1S/C13H15N3O3/c1-2-10-5-9(6-11(17)14-10)13-15-12(16-19-13)8-3-4-18-7-8/h5-6,8H,2-4,7H2,1H3,(H,14,17)/t8-/m1/s1. The van der Waals surface area contributed by atoms with Crippen LogP contribution in [0.4, 0.5) is 0 Å². The molecule has 0 unspecified atom stereocenters. The average molecular weight is 261 g/mol. The number of rotatable bonds is 3. The summed E-state index contributed by atoms with van der Waals surface area (Å²) in [5.41, 5.74) is 1.36. The van der Waals surface area contributed by atoms with Gasteiger partial charge in [-0.05, 0) is 18.9 Å². The maximum Gasteiger partial charge on any atom is 0.258 e. The minimum absolute atomic E-state index is 0.154. The Morgan fingerprint density at radius 3 is 3.11 bits per heavy atom. The zero-order valence-corrected chi connectivity index (χ0v) is 10.7. The molecule has 0 aliphatic carbocycles. The maximum absolute atomic E-state index is 11.5. The average Bonchev–Trinajstić information content (AvgIpc) is 3.08. The van der Waals surface area contributed by atoms with Crippen molar-refractivity contribution in [2.24, 2.45) is 0 Å². The van der Waals surface area contributed by atoms with Crippen LogP contribution in [-0.4, -0.2) is 28.3 Å². The van der Waals surface area contributed by atoms with Gasteiger partial charge in [0, 0.05) is 29.8 Å². The van der Waals surface area contributed by atoms with Gasteiger partial charge in [-0.2, -0.15) is 4.98 Å². The van der Waals surface area contributed by atoms with E-state index in [-0.39, 0.29) is 11.5 Å². The Labute approximate surface area is 109 Å². The van der Waals surface area contributed by atoms with Crippen molar-refractivity contribution < 1.29 is 9.26 Å². The quantitative estimate of drug-likeness (QED) is 0.905. The Morgan fingerprint density at radius 1 is 1.47 bits per heavy atom. The van der Waals surface area contributed by atoms with Gasteiger partial charge < -0.3 is 14.2 Å². The lowest BCUT2D eigenvalue weighted by molar-refractivity contribution is 0.192. The van der Waals surface area contributed by atoms with Crippen molar-refractivity contribution in [3.63, 3.8) is 0 Å². The molecule has 1 N–H and O–H groups in total. The fourth-order valence-electron chi connectivity index (χ4n) is 2.17. The van der Waals surface area contributed by atoms with E-state index in [1.807, 2.05) is 13.0 Å². The molecule has 1 aliphatic heterocycles. The van der Waals surface area contributed by atoms with Crippen LogP contribution >= 0.6 is 0 Å². The van der Waals surface area contributed by atoms with Crippen LogP contribution in [0.25, 0.3) is 11.5 Å². The van der Waals surface area contributed by atoms with Crippen molar-refractivity contribution in [1.82, 2.24) is 15.1 Å². The molecule has 1 saturated heterocycles. The highest BCUT2D eigenvalue weighted by molar-refractivity contribution is 5.52. The van der Waals surface area contributed by atoms with E-state index in [2.05, 4.69) is 15.1 Å². The van der Waals surface area contributed by atoms with E-state index in [1.54, 1.807) is 0 Å². The van der Waals surface area contributed by atoms with Crippen LogP contribution in [0, 0.1) is 0 Å². The minimum Gasteiger partial charge on any atom is -0.381 e. The van der Waals surface area contributed by atoms with Crippen molar-refractivity contribution in [2.45, 2.75) is 25.7 Å². The van der Waals surface area contributed by atoms with Crippen LogP contribution in [0.1, 0.15) is 30.8 Å². The van der Waals surface area contributed by atoms with Crippen molar-refractivity contribution >= 4 is 0 Å². The van der Waals surface area contributed by atoms with Gasteiger partial charge in [0.25, 0.3) is 5.89 Å². The van der Waals surface area contributed by atoms with E-state index in [4.69, 9.17) is 9.26 Å². The van der Waals surface area contributed by atoms with Crippen LogP contribution in [0.2, 0.25) is 0 Å². The van der Waals surface area contributed by atoms with Gasteiger partial charge in [-0.3, -0.25) is 4.79 Å². The number of aromatic nitrogens is 3. The molecule has 100 valence electrons. The van der Waals surface area contributed by atoms with Crippen molar-refractivity contribution in [2.75, 3.05) is 13.2 Å². The van der Waals surface area contributed by atoms with E-state index in [1.165, 1.54) is 6.07 Å². The first-order chi connectivity index (χ1) is 9.26. The largest absolute Gasteiger partial charge is 0.381 e. The molecule has 0 bridgehead atoms. The van der Waals surface area contributed by atoms with Gasteiger partial charge in [-0.15, -0.1) is 0 Å². The highest BCUT2D eigenvalue weighted by Gasteiger charge is 2.23. The molecule has 2 aromatic heterocycles. The highest BCUT2D eigenvalue weighted by atomic mass is 16.5. The molecule has 1 aliphatic rings. The topological polar surface area (TPSA) is 81.0 Å². The van der Waals surface area contributed by atoms with Crippen LogP contribution in [0.15, 0.2) is 21.5 Å². The van der Waals surface area contributed by atoms with Crippen molar-refractivity contribution in [3.05, 3.63) is 34.0 Å². The predicted molar refractivity (Wildman–Crippen MR) is 67.9 cm³/mol. The first-order valence-corrected chi connectivity index (χ1v) is 6.41. The number of pyridine rings is 1. The van der Waals surface area contributed by atoms with E-state index in [9.17, 15) is 4.79 Å². The summed E-state index contributed by atoms with van der Waals surface area (Å²) >= 11 is 0. The molecule has 0 radical (unpaired) electrons. The lowest BCUT2D eigenvalue weighted by Crippen LogP contribution is -2.07. The lowest BCUT2D eigenvalue weighted by atomic mass is 10.1. The summed E-state index contributed by atoms with van der Waals surface area (Å²) in [5.74, 6) is 1.25. The van der Waals surface area contributed by atoms with Crippen LogP contribution < -0.4 is 5.56 Å². The lowest BCUT2D eigenvalue weighted by Gasteiger charge is -1.99. The number of nitrogens with zero attached hydrogens (tertiary/aromatic N) is 2. The molecule has 0 spiro atoms. The zero-order valence-electron chi connectivity index (χ0n) is 10.7. The number of ether oxygens (including phenoxy) is 1. The molecule has 19 heavy (non-hydrogen) atoms. The summed E-state index contributed by atoms with van der Waals surface area (Å²) in [4.78, 5) is 18.7. The molecule has 6 heteroatoms. The first kappa shape index (κ1) is 12.1. The van der Waals surface area contributed by atoms with Gasteiger partial charge in [0.1, 0.15) is 0 Å². The second kappa shape index (κ2) is 4.97. The Hall–Kier alpha value is -1.95. The molecular weight excluding hydrogens is 246 g/mol. The Bertz CT molecular complexity index is 626. The van der Waals surface area contributed by atoms with E-state index >= 15 is 0 Å². The number of aryl methyl sites for hydroxylation is 1. The zero-order chi connectivity index (χ0) is 13.2. The van der Waals surface area contributed by atoms with E-state index in [0.29, 0.717) is 23.9 Å². The number of hydrogen-bond donors (Lipinski definition) is 1. The number of nitrogens with one attached hydrogen (secondary N) is 1. The number of H-pyrrole nitrogens is 1. The second-order valence-corrected chi connectivity index (χ2v) is 4.63. The summed E-state index contributed by atoms with van der Waals surface area (Å²) in [6.45, 7) is 3.35. The molecule has 1 atom stereocenters. The third-order valence-corrected chi connectivity index (χ3v) is 3.26. The van der Waals surface area contributed by atoms with Crippen LogP contribution in [0.3, 0.4) is 0 Å². The summed E-state index contributed by atoms with van der Waals surface area (Å²) in [7, 11) is 0. The Morgan fingerprint density at radius 2 is 2.37 bits per heavy atom. The highest BCUT2D eigenvalue weighted by Crippen LogP contribution is 2.25. The fraction of sp³-hybridized carbons (Fsp3) is 0.462. The minimum atomic E-state index is -0.154. The van der Waals surface area contributed by atoms with Crippen molar-refractivity contribution in [1.29, 1.82) is 0 Å². The smallest absolute Gasteiger partial charge is 0.258 e. The Balaban J connectivity index is 1.93. The van der Waals surface area contributed by atoms with Gasteiger partial charge in [0.05, 0.1) is 6.61 Å². The third kappa shape index (κ3) is 2.44. The third-order valence-electron chi connectivity index (χ3n) is 3.26. The molecule has 1 fully saturated rings. The molecule has 0 saturated carbocycles. The molecule has 2 aromatic rings. The van der Waals surface area contributed by atoms with Gasteiger partial charge in [-0.1, -0.05) is 12.1 Å². The summed E-state index contributed by atoms with van der Waals surface area (Å²) in [5, 5.41) is 3.98. The summed E-state index contributed by atoms with van der Waals surface area (Å²) in [6, 6.07) is 3.34. The van der Waals surface area contributed by atoms with E-state index < -0.39 is 0 Å². The maximum atomic E-state index is 11.5. The van der Waals surface area contributed by atoms with E-state index in [0.717, 1.165) is 25.1 Å². The molecular formula is C13H15N3O3. The fourth-order valence-corrected chi connectivity index (χ4v) is 2.17. The molecule has 6 nitrogen and oxygen atoms in total. The van der Waals surface area contributed by atoms with Gasteiger partial charge in [0.15, 0.2) is 5.82 Å². The van der Waals surface area contributed by atoms with Gasteiger partial charge >= 0.3 is 0 Å². The molecule has 0 aromatic carbocycles. The molecule has 3 rings (SSSR count). The second-order valence-electron chi connectivity index (χ2n) is 4.63.